The van der Waals surface area contributed by atoms with Crippen LogP contribution in [0.2, 0.25) is 15.1 Å². The Labute approximate surface area is 190 Å². The molecule has 5 heteroatoms. The number of allylic oxidation sites excluding steroid dienone is 2. The molecule has 0 radical (unpaired) electrons. The number of carbonyl (C=O) groups excluding carboxylic acids is 1. The Kier molecular flexibility index (Phi) is 5.10. The maximum Gasteiger partial charge on any atom is 0.195 e. The van der Waals surface area contributed by atoms with Gasteiger partial charge in [0.25, 0.3) is 0 Å². The first-order valence-corrected chi connectivity index (χ1v) is 11.0. The van der Waals surface area contributed by atoms with Gasteiger partial charge in [0.15, 0.2) is 5.78 Å². The van der Waals surface area contributed by atoms with Crippen molar-refractivity contribution in [3.05, 3.63) is 110 Å². The van der Waals surface area contributed by atoms with Crippen LogP contribution in [-0.2, 0) is 0 Å². The van der Waals surface area contributed by atoms with Gasteiger partial charge >= 0.3 is 0 Å². The molecule has 1 heterocycles. The summed E-state index contributed by atoms with van der Waals surface area (Å²) in [5.41, 5.74) is 4.09. The molecule has 0 fully saturated rings. The van der Waals surface area contributed by atoms with Crippen LogP contribution in [0.15, 0.2) is 72.8 Å². The number of anilines is 1. The van der Waals surface area contributed by atoms with E-state index in [4.69, 9.17) is 34.8 Å². The van der Waals surface area contributed by atoms with Gasteiger partial charge in [0.1, 0.15) is 0 Å². The van der Waals surface area contributed by atoms with Crippen LogP contribution in [0.4, 0.5) is 5.69 Å². The monoisotopic (exact) mass is 453 g/mol. The van der Waals surface area contributed by atoms with E-state index in [1.54, 1.807) is 12.1 Å². The normalized spacial score (nSPS) is 21.6. The first kappa shape index (κ1) is 19.7. The summed E-state index contributed by atoms with van der Waals surface area (Å²) in [5, 5.41) is 5.44. The highest BCUT2D eigenvalue weighted by atomic mass is 35.5. The molecule has 0 unspecified atom stereocenters. The zero-order valence-corrected chi connectivity index (χ0v) is 18.2. The van der Waals surface area contributed by atoms with E-state index < -0.39 is 0 Å². The number of rotatable bonds is 3. The molecule has 0 spiro atoms. The molecule has 5 rings (SSSR count). The van der Waals surface area contributed by atoms with Crippen molar-refractivity contribution in [1.82, 2.24) is 0 Å². The zero-order chi connectivity index (χ0) is 20.8. The Hall–Kier alpha value is -2.26. The van der Waals surface area contributed by atoms with Crippen LogP contribution < -0.4 is 5.32 Å². The second kappa shape index (κ2) is 7.77. The van der Waals surface area contributed by atoms with Crippen LogP contribution in [0.3, 0.4) is 0 Å². The van der Waals surface area contributed by atoms with Crippen LogP contribution >= 0.6 is 34.8 Å². The third kappa shape index (κ3) is 3.33. The largest absolute Gasteiger partial charge is 0.377 e. The summed E-state index contributed by atoms with van der Waals surface area (Å²) in [6, 6.07) is 18.6. The van der Waals surface area contributed by atoms with Gasteiger partial charge in [0, 0.05) is 37.8 Å². The van der Waals surface area contributed by atoms with Crippen molar-refractivity contribution in [3.8, 4) is 0 Å². The van der Waals surface area contributed by atoms with Crippen LogP contribution in [0, 0.1) is 5.92 Å². The Bertz CT molecular complexity index is 1170. The highest BCUT2D eigenvalue weighted by Crippen LogP contribution is 2.52. The third-order valence-corrected chi connectivity index (χ3v) is 6.79. The van der Waals surface area contributed by atoms with Crippen molar-refractivity contribution in [2.45, 2.75) is 18.4 Å². The summed E-state index contributed by atoms with van der Waals surface area (Å²) in [6.07, 6.45) is 5.34. The fourth-order valence-electron chi connectivity index (χ4n) is 4.65. The smallest absolute Gasteiger partial charge is 0.195 e. The fraction of sp³-hybridized carbons (Fsp3) is 0.160. The third-order valence-electron chi connectivity index (χ3n) is 6.01. The molecule has 3 aromatic rings. The van der Waals surface area contributed by atoms with Crippen LogP contribution in [0.25, 0.3) is 0 Å². The van der Waals surface area contributed by atoms with Crippen molar-refractivity contribution < 1.29 is 4.79 Å². The zero-order valence-electron chi connectivity index (χ0n) is 15.9. The van der Waals surface area contributed by atoms with Gasteiger partial charge < -0.3 is 5.32 Å². The van der Waals surface area contributed by atoms with Gasteiger partial charge in [-0.15, -0.1) is 0 Å². The van der Waals surface area contributed by atoms with Gasteiger partial charge in [-0.05, 0) is 47.7 Å². The van der Waals surface area contributed by atoms with Crippen LogP contribution in [0.5, 0.6) is 0 Å². The van der Waals surface area contributed by atoms with Crippen molar-refractivity contribution in [3.63, 3.8) is 0 Å². The first-order chi connectivity index (χ1) is 14.5. The minimum absolute atomic E-state index is 0.0363. The summed E-state index contributed by atoms with van der Waals surface area (Å²) in [6.45, 7) is 0. The SMILES string of the molecule is O=C(c1ccccc1)c1cc(Cl)cc2c1N[C@H](c1ccc(Cl)cc1Cl)[C@@H]1CC=C[C@@H]21. The Balaban J connectivity index is 1.66. The average Bonchev–Trinajstić information content (AvgIpc) is 3.24. The predicted octanol–water partition coefficient (Wildman–Crippen LogP) is 7.70. The quantitative estimate of drug-likeness (QED) is 0.324. The summed E-state index contributed by atoms with van der Waals surface area (Å²) < 4.78 is 0. The molecule has 2 nitrogen and oxygen atoms in total. The average molecular weight is 455 g/mol. The van der Waals surface area contributed by atoms with E-state index in [9.17, 15) is 4.79 Å². The number of carbonyl (C=O) groups is 1. The second-order valence-electron chi connectivity index (χ2n) is 7.75. The minimum atomic E-state index is -0.0526. The molecule has 2 aliphatic rings. The lowest BCUT2D eigenvalue weighted by Crippen LogP contribution is -2.30. The number of nitrogens with one attached hydrogen (secondary N) is 1. The summed E-state index contributed by atoms with van der Waals surface area (Å²) in [4.78, 5) is 13.4. The molecule has 30 heavy (non-hydrogen) atoms. The maximum atomic E-state index is 13.4. The minimum Gasteiger partial charge on any atom is -0.377 e. The lowest BCUT2D eigenvalue weighted by atomic mass is 9.76. The standard InChI is InChI=1S/C25H18Cl3NO/c26-15-9-10-19(22(28)13-15)23-18-8-4-7-17(18)20-11-16(27)12-21(24(20)29-23)25(30)14-5-2-1-3-6-14/h1-7,9-13,17-18,23,29H,8H2/t17-,18-,23+/m1/s1. The van der Waals surface area contributed by atoms with Gasteiger partial charge in [0.2, 0.25) is 0 Å². The number of ketones is 1. The molecule has 150 valence electrons. The number of halogens is 3. The molecule has 3 aromatic carbocycles. The van der Waals surface area contributed by atoms with E-state index in [0.29, 0.717) is 26.2 Å². The summed E-state index contributed by atoms with van der Waals surface area (Å²) >= 11 is 19.2. The van der Waals surface area contributed by atoms with Gasteiger partial charge in [-0.1, -0.05) is 83.4 Å². The number of hydrogen-bond acceptors (Lipinski definition) is 2. The van der Waals surface area contributed by atoms with Gasteiger partial charge in [0.05, 0.1) is 6.04 Å². The van der Waals surface area contributed by atoms with Crippen LogP contribution in [-0.4, -0.2) is 5.78 Å². The molecular weight excluding hydrogens is 437 g/mol. The molecule has 0 aromatic heterocycles. The first-order valence-electron chi connectivity index (χ1n) is 9.84. The fourth-order valence-corrected chi connectivity index (χ4v) is 5.40. The predicted molar refractivity (Wildman–Crippen MR) is 124 cm³/mol. The Morgan fingerprint density at radius 1 is 0.900 bits per heavy atom. The Morgan fingerprint density at radius 3 is 2.47 bits per heavy atom. The molecule has 3 atom stereocenters. The molecule has 1 N–H and O–H groups in total. The molecular formula is C25H18Cl3NO. The van der Waals surface area contributed by atoms with E-state index in [1.807, 2.05) is 48.5 Å². The summed E-state index contributed by atoms with van der Waals surface area (Å²) in [5.74, 6) is 0.400. The summed E-state index contributed by atoms with van der Waals surface area (Å²) in [7, 11) is 0. The van der Waals surface area contributed by atoms with Gasteiger partial charge in [-0.25, -0.2) is 0 Å². The second-order valence-corrected chi connectivity index (χ2v) is 9.03. The highest BCUT2D eigenvalue weighted by Gasteiger charge is 2.40. The van der Waals surface area contributed by atoms with E-state index in [0.717, 1.165) is 23.2 Å². The van der Waals surface area contributed by atoms with E-state index >= 15 is 0 Å². The molecule has 0 bridgehead atoms. The number of benzene rings is 3. The van der Waals surface area contributed by atoms with Crippen LogP contribution in [0.1, 0.15) is 45.4 Å². The number of fused-ring (bicyclic) bond motifs is 3. The van der Waals surface area contributed by atoms with Crippen molar-refractivity contribution in [1.29, 1.82) is 0 Å². The molecule has 0 saturated carbocycles. The topological polar surface area (TPSA) is 29.1 Å². The highest BCUT2D eigenvalue weighted by molar-refractivity contribution is 6.35. The lowest BCUT2D eigenvalue weighted by Gasteiger charge is -2.39. The van der Waals surface area contributed by atoms with Crippen molar-refractivity contribution in [2.24, 2.45) is 5.92 Å². The van der Waals surface area contributed by atoms with Crippen molar-refractivity contribution >= 4 is 46.3 Å². The maximum absolute atomic E-state index is 13.4. The molecule has 0 saturated heterocycles. The number of hydrogen-bond donors (Lipinski definition) is 1. The lowest BCUT2D eigenvalue weighted by molar-refractivity contribution is 0.103. The van der Waals surface area contributed by atoms with E-state index in [-0.39, 0.29) is 23.7 Å². The van der Waals surface area contributed by atoms with Gasteiger partial charge in [-0.2, -0.15) is 0 Å². The van der Waals surface area contributed by atoms with Crippen molar-refractivity contribution in [2.75, 3.05) is 5.32 Å². The molecule has 0 amide bonds. The Morgan fingerprint density at radius 2 is 1.70 bits per heavy atom. The molecule has 1 aliphatic carbocycles. The molecule has 1 aliphatic heterocycles. The van der Waals surface area contributed by atoms with E-state index in [2.05, 4.69) is 17.5 Å². The van der Waals surface area contributed by atoms with Gasteiger partial charge in [-0.3, -0.25) is 4.79 Å². The van der Waals surface area contributed by atoms with E-state index in [1.165, 1.54) is 0 Å².